The SMILES string of the molecule is CCOC(=O)C(C)(C)Oc1c(C)cc(CN(CC(=O)N(C)C2CC2)Cc2nc(-c3ccccc3)oc2C)cc1C. The molecular formula is C32H41N3O5. The smallest absolute Gasteiger partial charge is 0.349 e. The van der Waals surface area contributed by atoms with Crippen molar-refractivity contribution in [3.63, 3.8) is 0 Å². The van der Waals surface area contributed by atoms with Gasteiger partial charge in [-0.3, -0.25) is 9.69 Å². The summed E-state index contributed by atoms with van der Waals surface area (Å²) < 4.78 is 17.3. The molecule has 1 aliphatic rings. The molecule has 0 unspecified atom stereocenters. The van der Waals surface area contributed by atoms with Crippen LogP contribution in [0.4, 0.5) is 0 Å². The van der Waals surface area contributed by atoms with Gasteiger partial charge in [-0.25, -0.2) is 9.78 Å². The standard InChI is InChI=1S/C32H41N3O5/c1-8-38-31(37)32(5,6)40-29-21(2)16-24(17-22(29)3)18-35(20-28(36)34(7)26-14-15-26)19-27-23(4)39-30(33-27)25-12-10-9-11-13-25/h9-13,16-17,26H,8,14-15,18-20H2,1-7H3. The summed E-state index contributed by atoms with van der Waals surface area (Å²) in [6.07, 6.45) is 2.13. The predicted molar refractivity (Wildman–Crippen MR) is 154 cm³/mol. The molecule has 0 radical (unpaired) electrons. The van der Waals surface area contributed by atoms with Crippen molar-refractivity contribution in [2.75, 3.05) is 20.2 Å². The van der Waals surface area contributed by atoms with Crippen LogP contribution in [-0.2, 0) is 27.4 Å². The molecule has 1 heterocycles. The van der Waals surface area contributed by atoms with E-state index in [9.17, 15) is 9.59 Å². The molecule has 0 bridgehead atoms. The Morgan fingerprint density at radius 1 is 1.05 bits per heavy atom. The quantitative estimate of drug-likeness (QED) is 0.273. The maximum absolute atomic E-state index is 13.2. The molecule has 1 saturated carbocycles. The lowest BCUT2D eigenvalue weighted by Crippen LogP contribution is -2.40. The zero-order valence-electron chi connectivity index (χ0n) is 24.7. The van der Waals surface area contributed by atoms with Gasteiger partial charge in [-0.2, -0.15) is 0 Å². The van der Waals surface area contributed by atoms with Crippen LogP contribution in [0.2, 0.25) is 0 Å². The fourth-order valence-corrected chi connectivity index (χ4v) is 4.78. The largest absolute Gasteiger partial charge is 0.476 e. The van der Waals surface area contributed by atoms with Crippen molar-refractivity contribution in [1.82, 2.24) is 14.8 Å². The van der Waals surface area contributed by atoms with Crippen molar-refractivity contribution in [1.29, 1.82) is 0 Å². The zero-order chi connectivity index (χ0) is 29.0. The molecule has 3 aromatic rings. The molecule has 40 heavy (non-hydrogen) atoms. The van der Waals surface area contributed by atoms with Gasteiger partial charge < -0.3 is 18.8 Å². The lowest BCUT2D eigenvalue weighted by molar-refractivity contribution is -0.158. The Labute approximate surface area is 237 Å². The molecule has 1 aromatic heterocycles. The van der Waals surface area contributed by atoms with Crippen molar-refractivity contribution < 1.29 is 23.5 Å². The summed E-state index contributed by atoms with van der Waals surface area (Å²) in [7, 11) is 1.89. The first-order valence-electron chi connectivity index (χ1n) is 13.9. The summed E-state index contributed by atoms with van der Waals surface area (Å²) in [5.74, 6) is 1.67. The average Bonchev–Trinajstić information content (AvgIpc) is 3.69. The Morgan fingerprint density at radius 3 is 2.30 bits per heavy atom. The van der Waals surface area contributed by atoms with Gasteiger partial charge >= 0.3 is 5.97 Å². The van der Waals surface area contributed by atoms with Crippen LogP contribution >= 0.6 is 0 Å². The predicted octanol–water partition coefficient (Wildman–Crippen LogP) is 5.61. The van der Waals surface area contributed by atoms with Crippen LogP contribution in [-0.4, -0.2) is 58.5 Å². The Morgan fingerprint density at radius 2 is 1.70 bits per heavy atom. The molecule has 1 aliphatic carbocycles. The molecule has 1 amide bonds. The Bertz CT molecular complexity index is 1320. The van der Waals surface area contributed by atoms with Crippen LogP contribution in [0.3, 0.4) is 0 Å². The highest BCUT2D eigenvalue weighted by Gasteiger charge is 2.33. The van der Waals surface area contributed by atoms with Gasteiger partial charge in [0, 0.05) is 31.7 Å². The highest BCUT2D eigenvalue weighted by molar-refractivity contribution is 5.79. The zero-order valence-corrected chi connectivity index (χ0v) is 24.7. The third kappa shape index (κ3) is 7.10. The summed E-state index contributed by atoms with van der Waals surface area (Å²) in [5.41, 5.74) is 3.49. The molecule has 0 aliphatic heterocycles. The first kappa shape index (κ1) is 29.3. The number of esters is 1. The third-order valence-electron chi connectivity index (χ3n) is 7.18. The number of carbonyl (C=O) groups is 2. The number of ether oxygens (including phenoxy) is 2. The lowest BCUT2D eigenvalue weighted by Gasteiger charge is -2.27. The fraction of sp³-hybridized carbons (Fsp3) is 0.469. The number of aryl methyl sites for hydroxylation is 3. The number of oxazole rings is 1. The minimum atomic E-state index is -1.11. The topological polar surface area (TPSA) is 85.1 Å². The van der Waals surface area contributed by atoms with E-state index in [2.05, 4.69) is 17.0 Å². The van der Waals surface area contributed by atoms with Gasteiger partial charge in [0.2, 0.25) is 11.8 Å². The van der Waals surface area contributed by atoms with Crippen molar-refractivity contribution in [2.24, 2.45) is 0 Å². The summed E-state index contributed by atoms with van der Waals surface area (Å²) in [6, 6.07) is 14.3. The fourth-order valence-electron chi connectivity index (χ4n) is 4.78. The number of likely N-dealkylation sites (N-methyl/N-ethyl adjacent to an activating group) is 1. The van der Waals surface area contributed by atoms with Gasteiger partial charge in [-0.15, -0.1) is 0 Å². The summed E-state index contributed by atoms with van der Waals surface area (Å²) in [5, 5.41) is 0. The first-order chi connectivity index (χ1) is 19.0. The van der Waals surface area contributed by atoms with Crippen LogP contribution in [0, 0.1) is 20.8 Å². The second kappa shape index (κ2) is 12.3. The number of benzene rings is 2. The van der Waals surface area contributed by atoms with Crippen LogP contribution in [0.25, 0.3) is 11.5 Å². The number of rotatable bonds is 12. The maximum atomic E-state index is 13.2. The molecule has 0 N–H and O–H groups in total. The van der Waals surface area contributed by atoms with E-state index in [1.54, 1.807) is 20.8 Å². The molecule has 1 fully saturated rings. The van der Waals surface area contributed by atoms with Crippen molar-refractivity contribution >= 4 is 11.9 Å². The second-order valence-corrected chi connectivity index (χ2v) is 11.2. The summed E-state index contributed by atoms with van der Waals surface area (Å²) in [6.45, 7) is 12.6. The van der Waals surface area contributed by atoms with Gasteiger partial charge in [-0.1, -0.05) is 30.3 Å². The van der Waals surface area contributed by atoms with E-state index < -0.39 is 11.6 Å². The Kier molecular flexibility index (Phi) is 8.98. The molecule has 0 atom stereocenters. The van der Waals surface area contributed by atoms with Crippen molar-refractivity contribution in [2.45, 2.75) is 79.1 Å². The lowest BCUT2D eigenvalue weighted by atomic mass is 10.0. The molecule has 4 rings (SSSR count). The molecule has 0 spiro atoms. The average molecular weight is 548 g/mol. The molecule has 8 heteroatoms. The van der Waals surface area contributed by atoms with E-state index in [0.29, 0.717) is 37.4 Å². The highest BCUT2D eigenvalue weighted by Crippen LogP contribution is 2.31. The van der Waals surface area contributed by atoms with E-state index in [0.717, 1.165) is 46.5 Å². The van der Waals surface area contributed by atoms with Crippen LogP contribution in [0.1, 0.15) is 61.8 Å². The summed E-state index contributed by atoms with van der Waals surface area (Å²) >= 11 is 0. The Hall–Kier alpha value is -3.65. The van der Waals surface area contributed by atoms with Gasteiger partial charge in [0.25, 0.3) is 0 Å². The normalized spacial score (nSPS) is 13.4. The van der Waals surface area contributed by atoms with Gasteiger partial charge in [0.05, 0.1) is 18.8 Å². The van der Waals surface area contributed by atoms with Crippen molar-refractivity contribution in [3.8, 4) is 17.2 Å². The minimum absolute atomic E-state index is 0.0940. The number of hydrogen-bond donors (Lipinski definition) is 0. The van der Waals surface area contributed by atoms with Crippen LogP contribution in [0.15, 0.2) is 46.9 Å². The van der Waals surface area contributed by atoms with E-state index in [4.69, 9.17) is 18.9 Å². The monoisotopic (exact) mass is 547 g/mol. The van der Waals surface area contributed by atoms with Gasteiger partial charge in [0.15, 0.2) is 5.60 Å². The van der Waals surface area contributed by atoms with Crippen LogP contribution in [0.5, 0.6) is 5.75 Å². The highest BCUT2D eigenvalue weighted by atomic mass is 16.6. The van der Waals surface area contributed by atoms with Gasteiger partial charge in [-0.05, 0) is 83.2 Å². The number of hydrogen-bond acceptors (Lipinski definition) is 7. The molecule has 2 aromatic carbocycles. The minimum Gasteiger partial charge on any atom is -0.476 e. The van der Waals surface area contributed by atoms with E-state index >= 15 is 0 Å². The van der Waals surface area contributed by atoms with E-state index in [1.807, 2.05) is 63.1 Å². The Balaban J connectivity index is 1.57. The molecular weight excluding hydrogens is 506 g/mol. The van der Waals surface area contributed by atoms with E-state index in [1.165, 1.54) is 0 Å². The molecule has 8 nitrogen and oxygen atoms in total. The van der Waals surface area contributed by atoms with Crippen LogP contribution < -0.4 is 4.74 Å². The summed E-state index contributed by atoms with van der Waals surface area (Å²) in [4.78, 5) is 34.3. The number of aromatic nitrogens is 1. The molecule has 0 saturated heterocycles. The van der Waals surface area contributed by atoms with Gasteiger partial charge in [0.1, 0.15) is 11.5 Å². The number of nitrogens with zero attached hydrogens (tertiary/aromatic N) is 3. The maximum Gasteiger partial charge on any atom is 0.349 e. The number of carbonyl (C=O) groups excluding carboxylic acids is 2. The van der Waals surface area contributed by atoms with Crippen molar-refractivity contribution in [3.05, 3.63) is 70.6 Å². The van der Waals surface area contributed by atoms with E-state index in [-0.39, 0.29) is 12.5 Å². The molecule has 214 valence electrons. The second-order valence-electron chi connectivity index (χ2n) is 11.2. The number of amides is 1. The third-order valence-corrected chi connectivity index (χ3v) is 7.18. The first-order valence-corrected chi connectivity index (χ1v) is 13.9.